The second-order valence-corrected chi connectivity index (χ2v) is 13.1. The Hall–Kier alpha value is -1.68. The molecule has 1 atom stereocenters. The van der Waals surface area contributed by atoms with Gasteiger partial charge in [0, 0.05) is 17.9 Å². The number of hydrogen-bond acceptors (Lipinski definition) is 4. The molecule has 1 aromatic carbocycles. The number of rotatable bonds is 9. The number of esters is 1. The van der Waals surface area contributed by atoms with Gasteiger partial charge in [0.25, 0.3) is 0 Å². The minimum Gasteiger partial charge on any atom is -0.466 e. The van der Waals surface area contributed by atoms with E-state index in [-0.39, 0.29) is 37.7 Å². The maximum Gasteiger partial charge on any atom is 0.408 e. The largest absolute Gasteiger partial charge is 0.466 e. The van der Waals surface area contributed by atoms with Crippen molar-refractivity contribution in [2.45, 2.75) is 58.0 Å². The first-order chi connectivity index (χ1) is 12.8. The molecule has 0 bridgehead atoms. The predicted octanol–water partition coefficient (Wildman–Crippen LogP) is 4.68. The first-order valence-corrected chi connectivity index (χ1v) is 12.6. The smallest absolute Gasteiger partial charge is 0.408 e. The molecular formula is C18H26F5NO3Si. The van der Waals surface area contributed by atoms with Crippen LogP contribution in [0.3, 0.4) is 0 Å². The maximum atomic E-state index is 14.9. The summed E-state index contributed by atoms with van der Waals surface area (Å²) < 4.78 is 73.5. The molecule has 10 heteroatoms. The van der Waals surface area contributed by atoms with Crippen molar-refractivity contribution in [2.24, 2.45) is 0 Å². The van der Waals surface area contributed by atoms with Gasteiger partial charge >= 0.3 is 12.1 Å². The van der Waals surface area contributed by atoms with Gasteiger partial charge in [-0.15, -0.1) is 0 Å². The van der Waals surface area contributed by atoms with E-state index in [2.05, 4.69) is 5.32 Å². The Morgan fingerprint density at radius 1 is 1.29 bits per heavy atom. The summed E-state index contributed by atoms with van der Waals surface area (Å²) in [7, 11) is -1.84. The molecule has 0 fully saturated rings. The van der Waals surface area contributed by atoms with Crippen molar-refractivity contribution in [1.29, 1.82) is 0 Å². The van der Waals surface area contributed by atoms with Crippen LogP contribution in [0.15, 0.2) is 6.07 Å². The molecule has 4 nitrogen and oxygen atoms in total. The molecule has 0 saturated carbocycles. The second kappa shape index (κ2) is 9.68. The minimum atomic E-state index is -4.62. The molecule has 1 aromatic rings. The normalized spacial score (nSPS) is 13.4. The van der Waals surface area contributed by atoms with E-state index in [9.17, 15) is 26.7 Å². The molecule has 0 amide bonds. The number of ether oxygens (including phenoxy) is 1. The molecule has 0 aliphatic heterocycles. The monoisotopic (exact) mass is 427 g/mol. The van der Waals surface area contributed by atoms with E-state index < -0.39 is 49.1 Å². The third-order valence-electron chi connectivity index (χ3n) is 3.88. The fourth-order valence-corrected chi connectivity index (χ4v) is 3.00. The number of hydrogen-bond donors (Lipinski definition) is 2. The van der Waals surface area contributed by atoms with Gasteiger partial charge in [0.2, 0.25) is 0 Å². The fraction of sp³-hybridized carbons (Fsp3) is 0.611. The number of halogens is 5. The number of aliphatic hydroxyl groups is 1. The lowest BCUT2D eigenvalue weighted by Crippen LogP contribution is -2.36. The Morgan fingerprint density at radius 2 is 1.89 bits per heavy atom. The molecule has 1 rings (SSSR count). The number of carbonyl (C=O) groups is 1. The van der Waals surface area contributed by atoms with Gasteiger partial charge in [0.15, 0.2) is 0 Å². The lowest BCUT2D eigenvalue weighted by Gasteiger charge is -2.24. The summed E-state index contributed by atoms with van der Waals surface area (Å²) in [6.45, 7) is 6.63. The van der Waals surface area contributed by atoms with E-state index in [0.29, 0.717) is 6.07 Å². The second-order valence-electron chi connectivity index (χ2n) is 7.68. The summed E-state index contributed by atoms with van der Waals surface area (Å²) in [5.41, 5.74) is -1.62. The Morgan fingerprint density at radius 3 is 2.36 bits per heavy atom. The Bertz CT molecular complexity index is 689. The topological polar surface area (TPSA) is 58.6 Å². The van der Waals surface area contributed by atoms with Gasteiger partial charge in [-0.1, -0.05) is 26.6 Å². The fourth-order valence-electron chi connectivity index (χ4n) is 2.43. The molecule has 0 radical (unpaired) electrons. The Kier molecular flexibility index (Phi) is 8.42. The van der Waals surface area contributed by atoms with Crippen LogP contribution in [0.2, 0.25) is 19.6 Å². The molecule has 0 heterocycles. The highest BCUT2D eigenvalue weighted by Crippen LogP contribution is 2.32. The summed E-state index contributed by atoms with van der Waals surface area (Å²) in [6, 6.07) is -1.33. The van der Waals surface area contributed by atoms with Crippen LogP contribution < -0.4 is 5.32 Å². The van der Waals surface area contributed by atoms with Crippen LogP contribution >= 0.6 is 0 Å². The average Bonchev–Trinajstić information content (AvgIpc) is 2.55. The highest BCUT2D eigenvalue weighted by atomic mass is 28.3. The molecule has 0 aliphatic rings. The van der Waals surface area contributed by atoms with E-state index >= 15 is 0 Å². The zero-order valence-corrected chi connectivity index (χ0v) is 17.3. The molecule has 160 valence electrons. The highest BCUT2D eigenvalue weighted by Gasteiger charge is 2.39. The van der Waals surface area contributed by atoms with Crippen LogP contribution in [-0.4, -0.2) is 44.2 Å². The lowest BCUT2D eigenvalue weighted by molar-refractivity contribution is -0.142. The summed E-state index contributed by atoms with van der Waals surface area (Å²) in [6.07, 6.45) is -5.07. The van der Waals surface area contributed by atoms with Crippen molar-refractivity contribution in [3.8, 4) is 0 Å². The number of alkyl halides is 3. The Labute approximate surface area is 162 Å². The molecular weight excluding hydrogens is 401 g/mol. The molecule has 0 saturated heterocycles. The highest BCUT2D eigenvalue weighted by molar-refractivity contribution is 6.76. The zero-order chi connectivity index (χ0) is 21.7. The maximum absolute atomic E-state index is 14.9. The van der Waals surface area contributed by atoms with Gasteiger partial charge < -0.3 is 15.2 Å². The van der Waals surface area contributed by atoms with Gasteiger partial charge in [0.05, 0.1) is 14.3 Å². The quantitative estimate of drug-likeness (QED) is 0.341. The summed E-state index contributed by atoms with van der Waals surface area (Å²) in [5, 5.41) is 11.1. The molecule has 28 heavy (non-hydrogen) atoms. The number of anilines is 1. The van der Waals surface area contributed by atoms with Crippen molar-refractivity contribution in [3.63, 3.8) is 0 Å². The van der Waals surface area contributed by atoms with Crippen molar-refractivity contribution in [2.75, 3.05) is 18.2 Å². The summed E-state index contributed by atoms with van der Waals surface area (Å²) in [5.74, 6) is -3.77. The number of carbonyl (C=O) groups excluding carboxylic acids is 1. The molecule has 0 aromatic heterocycles. The van der Waals surface area contributed by atoms with Crippen LogP contribution in [0.5, 0.6) is 0 Å². The van der Waals surface area contributed by atoms with Gasteiger partial charge in [-0.25, -0.2) is 13.6 Å². The Balaban J connectivity index is 3.34. The summed E-state index contributed by atoms with van der Waals surface area (Å²) >= 11 is 0. The van der Waals surface area contributed by atoms with E-state index in [4.69, 9.17) is 9.84 Å². The average molecular weight is 427 g/mol. The van der Waals surface area contributed by atoms with Crippen LogP contribution in [0, 0.1) is 11.6 Å². The predicted molar refractivity (Wildman–Crippen MR) is 99.2 cm³/mol. The zero-order valence-electron chi connectivity index (χ0n) is 16.3. The number of aliphatic hydroxyl groups excluding tert-OH is 1. The third kappa shape index (κ3) is 6.73. The first kappa shape index (κ1) is 24.4. The number of benzene rings is 1. The van der Waals surface area contributed by atoms with Crippen LogP contribution in [0.1, 0.15) is 35.7 Å². The lowest BCUT2D eigenvalue weighted by atomic mass is 10.0. The van der Waals surface area contributed by atoms with Gasteiger partial charge in [-0.3, -0.25) is 0 Å². The third-order valence-corrected chi connectivity index (χ3v) is 4.89. The minimum absolute atomic E-state index is 0.0312. The first-order valence-electron chi connectivity index (χ1n) is 8.94. The van der Waals surface area contributed by atoms with Crippen molar-refractivity contribution in [1.82, 2.24) is 0 Å². The van der Waals surface area contributed by atoms with Crippen molar-refractivity contribution >= 4 is 19.7 Å². The van der Waals surface area contributed by atoms with Gasteiger partial charge in [0.1, 0.15) is 23.2 Å². The SMILES string of the molecule is CC[C@@H](Nc1cc(F)c(C(=O)OC[Si](C)(C)C)c(F)c1CCCO)C(F)(F)F. The molecule has 2 N–H and O–H groups in total. The van der Waals surface area contributed by atoms with E-state index in [1.807, 2.05) is 19.6 Å². The van der Waals surface area contributed by atoms with Gasteiger partial charge in [-0.05, 0) is 25.3 Å². The van der Waals surface area contributed by atoms with E-state index in [1.165, 1.54) is 6.92 Å². The van der Waals surface area contributed by atoms with Crippen LogP contribution in [0.4, 0.5) is 27.6 Å². The van der Waals surface area contributed by atoms with Crippen LogP contribution in [-0.2, 0) is 11.2 Å². The van der Waals surface area contributed by atoms with Crippen molar-refractivity contribution < 1.29 is 36.6 Å². The standard InChI is InChI=1S/C18H26F5NO3Si/c1-5-14(18(21,22)23)24-13-9-12(19)15(16(20)11(13)7-6-8-25)17(26)27-10-28(2,3)4/h9,14,24-25H,5-8,10H2,1-4H3/t14-/m1/s1. The summed E-state index contributed by atoms with van der Waals surface area (Å²) in [4.78, 5) is 12.2. The van der Waals surface area contributed by atoms with E-state index in [0.717, 1.165) is 0 Å². The number of nitrogens with one attached hydrogen (secondary N) is 1. The molecule has 0 unspecified atom stereocenters. The van der Waals surface area contributed by atoms with Crippen LogP contribution in [0.25, 0.3) is 0 Å². The molecule has 0 aliphatic carbocycles. The van der Waals surface area contributed by atoms with E-state index in [1.54, 1.807) is 0 Å². The molecule has 0 spiro atoms. The van der Waals surface area contributed by atoms with Gasteiger partial charge in [-0.2, -0.15) is 13.2 Å². The van der Waals surface area contributed by atoms with Crippen molar-refractivity contribution in [3.05, 3.63) is 28.8 Å².